The molecule has 0 aliphatic carbocycles. The van der Waals surface area contributed by atoms with E-state index in [1.807, 2.05) is 5.10 Å². The number of aromatic amines is 1. The van der Waals surface area contributed by atoms with Crippen molar-refractivity contribution < 1.29 is 27.8 Å². The Bertz CT molecular complexity index is 1140. The molecular formula is C17H12Cl2F2N6O5. The molecule has 0 saturated carbocycles. The first-order chi connectivity index (χ1) is 15.2. The van der Waals surface area contributed by atoms with Crippen LogP contribution in [0.3, 0.4) is 0 Å². The quantitative estimate of drug-likeness (QED) is 0.395. The van der Waals surface area contributed by atoms with Crippen LogP contribution in [0.25, 0.3) is 0 Å². The number of nitriles is 1. The van der Waals surface area contributed by atoms with E-state index in [1.54, 1.807) is 5.32 Å². The Morgan fingerprint density at radius 3 is 2.53 bits per heavy atom. The average molecular weight is 489 g/mol. The summed E-state index contributed by atoms with van der Waals surface area (Å²) in [6.45, 7) is 1.54. The highest BCUT2D eigenvalue weighted by molar-refractivity contribution is 6.47. The lowest BCUT2D eigenvalue weighted by atomic mass is 10.3. The molecule has 0 aliphatic heterocycles. The summed E-state index contributed by atoms with van der Waals surface area (Å²) in [6.07, 6.45) is -4.12. The largest absolute Gasteiger partial charge is 0.450 e. The number of alkyl carbamates (subject to hydrolysis) is 1. The molecule has 11 nitrogen and oxygen atoms in total. The number of alkyl halides is 2. The van der Waals surface area contributed by atoms with Crippen LogP contribution in [0, 0.1) is 11.3 Å². The molecule has 0 bridgehead atoms. The van der Waals surface area contributed by atoms with Crippen molar-refractivity contribution in [3.05, 3.63) is 44.2 Å². The number of ether oxygens (including phenoxy) is 2. The summed E-state index contributed by atoms with van der Waals surface area (Å²) in [5.74, 6) is -1.69. The Morgan fingerprint density at radius 1 is 1.31 bits per heavy atom. The molecule has 1 heterocycles. The number of hydrogen-bond acceptors (Lipinski definition) is 9. The standard InChI is InChI=1S/C17H12Cl2F2N6O5/c1-2-31-17(30)23-16(29)11(6-22)25-24-7-3-9(18)13(10(19)4-7)32-12-5-8(14(20)21)15(28)27-26-12/h3-5,14,24H,2H2,1H3,(H,27,28)(H,23,29,30)/b25-11+. The van der Waals surface area contributed by atoms with Gasteiger partial charge < -0.3 is 9.47 Å². The number of hydrazone groups is 1. The molecule has 2 amide bonds. The van der Waals surface area contributed by atoms with Gasteiger partial charge in [0.1, 0.15) is 6.07 Å². The Kier molecular flexibility index (Phi) is 8.45. The van der Waals surface area contributed by atoms with Gasteiger partial charge >= 0.3 is 6.09 Å². The molecular weight excluding hydrogens is 477 g/mol. The second-order valence-electron chi connectivity index (χ2n) is 5.52. The number of carbonyl (C=O) groups is 2. The van der Waals surface area contributed by atoms with E-state index < -0.39 is 41.1 Å². The van der Waals surface area contributed by atoms with Crippen LogP contribution in [-0.2, 0) is 9.53 Å². The fourth-order valence-electron chi connectivity index (χ4n) is 2.01. The number of aromatic nitrogens is 2. The first-order valence-corrected chi connectivity index (χ1v) is 9.18. The van der Waals surface area contributed by atoms with Crippen molar-refractivity contribution in [1.29, 1.82) is 5.26 Å². The molecule has 3 N–H and O–H groups in total. The van der Waals surface area contributed by atoms with Crippen LogP contribution in [0.1, 0.15) is 18.9 Å². The van der Waals surface area contributed by atoms with Gasteiger partial charge in [0.05, 0.1) is 27.9 Å². The van der Waals surface area contributed by atoms with Gasteiger partial charge in [0.2, 0.25) is 11.6 Å². The van der Waals surface area contributed by atoms with Crippen molar-refractivity contribution >= 4 is 46.6 Å². The smallest absolute Gasteiger partial charge is 0.414 e. The molecule has 1 aromatic carbocycles. The lowest BCUT2D eigenvalue weighted by Gasteiger charge is -2.11. The number of nitrogens with zero attached hydrogens (tertiary/aromatic N) is 3. The number of hydrogen-bond donors (Lipinski definition) is 3. The minimum atomic E-state index is -3.06. The maximum absolute atomic E-state index is 12.8. The summed E-state index contributed by atoms with van der Waals surface area (Å²) in [5.41, 5.74) is -0.193. The van der Waals surface area contributed by atoms with Crippen molar-refractivity contribution in [1.82, 2.24) is 15.5 Å². The van der Waals surface area contributed by atoms with Gasteiger partial charge in [-0.25, -0.2) is 18.7 Å². The molecule has 0 saturated heterocycles. The van der Waals surface area contributed by atoms with Crippen molar-refractivity contribution in [2.24, 2.45) is 5.10 Å². The van der Waals surface area contributed by atoms with E-state index in [4.69, 9.17) is 33.2 Å². The zero-order valence-corrected chi connectivity index (χ0v) is 17.4. The lowest BCUT2D eigenvalue weighted by molar-refractivity contribution is -0.114. The van der Waals surface area contributed by atoms with Gasteiger partial charge in [0.25, 0.3) is 17.9 Å². The third-order valence-electron chi connectivity index (χ3n) is 3.36. The lowest BCUT2D eigenvalue weighted by Crippen LogP contribution is -2.36. The number of halogens is 4. The Morgan fingerprint density at radius 2 is 1.97 bits per heavy atom. The zero-order valence-electron chi connectivity index (χ0n) is 15.9. The van der Waals surface area contributed by atoms with Crippen molar-refractivity contribution in [3.8, 4) is 17.7 Å². The van der Waals surface area contributed by atoms with Crippen LogP contribution in [-0.4, -0.2) is 34.5 Å². The molecule has 0 radical (unpaired) electrons. The minimum absolute atomic E-state index is 0.0137. The van der Waals surface area contributed by atoms with Gasteiger partial charge in [-0.3, -0.25) is 20.3 Å². The highest BCUT2D eigenvalue weighted by Crippen LogP contribution is 2.38. The Hall–Kier alpha value is -3.76. The number of imide groups is 1. The first-order valence-electron chi connectivity index (χ1n) is 8.42. The monoisotopic (exact) mass is 488 g/mol. The van der Waals surface area contributed by atoms with E-state index in [2.05, 4.69) is 20.4 Å². The second kappa shape index (κ2) is 11.0. The summed E-state index contributed by atoms with van der Waals surface area (Å²) in [4.78, 5) is 34.4. The number of anilines is 1. The van der Waals surface area contributed by atoms with Crippen LogP contribution in [0.2, 0.25) is 10.0 Å². The summed E-state index contributed by atoms with van der Waals surface area (Å²) in [7, 11) is 0. The minimum Gasteiger partial charge on any atom is -0.450 e. The predicted octanol–water partition coefficient (Wildman–Crippen LogP) is 3.37. The molecule has 0 unspecified atom stereocenters. The normalized spacial score (nSPS) is 11.0. The Labute approximate surface area is 187 Å². The molecule has 2 aromatic rings. The van der Waals surface area contributed by atoms with E-state index in [0.29, 0.717) is 0 Å². The number of H-pyrrole nitrogens is 1. The number of rotatable bonds is 7. The Balaban J connectivity index is 2.20. The topological polar surface area (TPSA) is 159 Å². The molecule has 0 fully saturated rings. The number of carbonyl (C=O) groups excluding carboxylic acids is 2. The summed E-state index contributed by atoms with van der Waals surface area (Å²) >= 11 is 12.2. The van der Waals surface area contributed by atoms with E-state index >= 15 is 0 Å². The maximum Gasteiger partial charge on any atom is 0.414 e. The highest BCUT2D eigenvalue weighted by Gasteiger charge is 2.18. The fourth-order valence-corrected chi connectivity index (χ4v) is 2.57. The van der Waals surface area contributed by atoms with Gasteiger partial charge in [0.15, 0.2) is 5.75 Å². The van der Waals surface area contributed by atoms with E-state index in [1.165, 1.54) is 25.1 Å². The van der Waals surface area contributed by atoms with Crippen LogP contribution in [0.15, 0.2) is 28.1 Å². The van der Waals surface area contributed by atoms with Gasteiger partial charge in [0, 0.05) is 6.07 Å². The van der Waals surface area contributed by atoms with Gasteiger partial charge in [-0.15, -0.1) is 5.10 Å². The van der Waals surface area contributed by atoms with Gasteiger partial charge in [-0.2, -0.15) is 10.4 Å². The number of benzene rings is 1. The summed E-state index contributed by atoms with van der Waals surface area (Å²) in [5, 5.41) is 19.5. The van der Waals surface area contributed by atoms with E-state index in [0.717, 1.165) is 6.07 Å². The number of amides is 2. The fraction of sp³-hybridized carbons (Fsp3) is 0.176. The van der Waals surface area contributed by atoms with Crippen molar-refractivity contribution in [2.75, 3.05) is 12.0 Å². The third kappa shape index (κ3) is 6.37. The third-order valence-corrected chi connectivity index (χ3v) is 3.92. The molecule has 2 rings (SSSR count). The molecule has 32 heavy (non-hydrogen) atoms. The zero-order chi connectivity index (χ0) is 23.8. The van der Waals surface area contributed by atoms with E-state index in [-0.39, 0.29) is 28.1 Å². The second-order valence-corrected chi connectivity index (χ2v) is 6.34. The van der Waals surface area contributed by atoms with Gasteiger partial charge in [-0.05, 0) is 19.1 Å². The van der Waals surface area contributed by atoms with Crippen molar-refractivity contribution in [2.45, 2.75) is 13.3 Å². The predicted molar refractivity (Wildman–Crippen MR) is 108 cm³/mol. The molecule has 168 valence electrons. The van der Waals surface area contributed by atoms with Crippen LogP contribution < -0.4 is 21.0 Å². The van der Waals surface area contributed by atoms with Crippen LogP contribution >= 0.6 is 23.2 Å². The molecule has 0 spiro atoms. The molecule has 1 aromatic heterocycles. The van der Waals surface area contributed by atoms with E-state index in [9.17, 15) is 23.2 Å². The van der Waals surface area contributed by atoms with Gasteiger partial charge in [-0.1, -0.05) is 23.2 Å². The molecule has 0 aliphatic rings. The van der Waals surface area contributed by atoms with Crippen LogP contribution in [0.4, 0.5) is 19.3 Å². The summed E-state index contributed by atoms with van der Waals surface area (Å²) in [6, 6.07) is 4.67. The molecule has 0 atom stereocenters. The molecule has 15 heteroatoms. The average Bonchev–Trinajstić information content (AvgIpc) is 2.72. The first kappa shape index (κ1) is 24.5. The highest BCUT2D eigenvalue weighted by atomic mass is 35.5. The SMILES string of the molecule is CCOC(=O)NC(=O)/C(C#N)=N/Nc1cc(Cl)c(Oc2cc(C(F)F)c(=O)[nH]n2)c(Cl)c1. The van der Waals surface area contributed by atoms with Crippen molar-refractivity contribution in [3.63, 3.8) is 0 Å². The maximum atomic E-state index is 12.8. The number of nitrogens with one attached hydrogen (secondary N) is 3. The van der Waals surface area contributed by atoms with Crippen LogP contribution in [0.5, 0.6) is 11.6 Å². The summed E-state index contributed by atoms with van der Waals surface area (Å²) < 4.78 is 35.5.